The molecule has 0 unspecified atom stereocenters. The second-order valence-corrected chi connectivity index (χ2v) is 8.80. The average molecular weight is 407 g/mol. The van der Waals surface area contributed by atoms with E-state index in [0.717, 1.165) is 31.2 Å². The second kappa shape index (κ2) is 9.29. The Bertz CT molecular complexity index is 885. The molecule has 28 heavy (non-hydrogen) atoms. The van der Waals surface area contributed by atoms with Crippen molar-refractivity contribution in [2.75, 3.05) is 13.1 Å². The van der Waals surface area contributed by atoms with Crippen LogP contribution >= 0.6 is 0 Å². The van der Waals surface area contributed by atoms with Crippen molar-refractivity contribution in [1.29, 1.82) is 0 Å². The number of nitrogens with zero attached hydrogens (tertiary/aromatic N) is 3. The van der Waals surface area contributed by atoms with Crippen LogP contribution in [0.3, 0.4) is 0 Å². The fourth-order valence-electron chi connectivity index (χ4n) is 3.12. The quantitative estimate of drug-likeness (QED) is 0.650. The van der Waals surface area contributed by atoms with Gasteiger partial charge in [0.1, 0.15) is 0 Å². The van der Waals surface area contributed by atoms with E-state index in [1.165, 1.54) is 0 Å². The van der Waals surface area contributed by atoms with Gasteiger partial charge in [-0.1, -0.05) is 30.1 Å². The minimum absolute atomic E-state index is 0.0489. The van der Waals surface area contributed by atoms with E-state index < -0.39 is 10.0 Å². The molecule has 1 fully saturated rings. The zero-order valence-corrected chi connectivity index (χ0v) is 16.8. The van der Waals surface area contributed by atoms with Gasteiger partial charge in [0, 0.05) is 19.5 Å². The molecular weight excluding hydrogens is 382 g/mol. The molecule has 152 valence electrons. The van der Waals surface area contributed by atoms with Crippen LogP contribution in [-0.2, 0) is 32.6 Å². The van der Waals surface area contributed by atoms with Gasteiger partial charge in [-0.15, -0.1) is 0 Å². The zero-order valence-electron chi connectivity index (χ0n) is 16.0. The van der Waals surface area contributed by atoms with Crippen molar-refractivity contribution in [3.8, 4) is 0 Å². The predicted octanol–water partition coefficient (Wildman–Crippen LogP) is 2.62. The van der Waals surface area contributed by atoms with Crippen LogP contribution in [0.25, 0.3) is 0 Å². The third-order valence-corrected chi connectivity index (χ3v) is 6.58. The number of aromatic nitrogens is 2. The Balaban J connectivity index is 1.51. The Hall–Kier alpha value is -2.26. The molecule has 1 aliphatic heterocycles. The molecule has 0 bridgehead atoms. The number of esters is 1. The molecule has 2 heterocycles. The summed E-state index contributed by atoms with van der Waals surface area (Å²) in [5, 5.41) is 3.63. The van der Waals surface area contributed by atoms with Crippen molar-refractivity contribution in [2.24, 2.45) is 0 Å². The molecule has 0 amide bonds. The molecule has 1 saturated heterocycles. The number of sulfonamides is 1. The first kappa shape index (κ1) is 20.5. The van der Waals surface area contributed by atoms with E-state index in [0.29, 0.717) is 30.2 Å². The number of rotatable bonds is 7. The second-order valence-electron chi connectivity index (χ2n) is 6.86. The summed E-state index contributed by atoms with van der Waals surface area (Å²) >= 11 is 0. The summed E-state index contributed by atoms with van der Waals surface area (Å²) in [7, 11) is -3.45. The molecule has 0 N–H and O–H groups in total. The molecule has 3 rings (SSSR count). The first-order chi connectivity index (χ1) is 13.4. The summed E-state index contributed by atoms with van der Waals surface area (Å²) in [5.74, 6) is 0.368. The number of carbonyl (C=O) groups excluding carboxylic acids is 1. The molecule has 0 radical (unpaired) electrons. The molecular formula is C19H25N3O5S. The van der Waals surface area contributed by atoms with Crippen LogP contribution in [0, 0.1) is 6.92 Å². The Morgan fingerprint density at radius 1 is 1.14 bits per heavy atom. The minimum atomic E-state index is -3.45. The lowest BCUT2D eigenvalue weighted by Crippen LogP contribution is -2.31. The predicted molar refractivity (Wildman–Crippen MR) is 101 cm³/mol. The van der Waals surface area contributed by atoms with Gasteiger partial charge in [-0.2, -0.15) is 9.29 Å². The summed E-state index contributed by atoms with van der Waals surface area (Å²) in [6.07, 6.45) is 4.61. The normalized spacial score (nSPS) is 15.9. The number of hydrogen-bond acceptors (Lipinski definition) is 7. The van der Waals surface area contributed by atoms with Gasteiger partial charge in [0.2, 0.25) is 10.0 Å². The highest BCUT2D eigenvalue weighted by atomic mass is 32.2. The Kier molecular flexibility index (Phi) is 6.79. The minimum Gasteiger partial charge on any atom is -0.456 e. The van der Waals surface area contributed by atoms with Crippen LogP contribution in [0.1, 0.15) is 49.4 Å². The molecule has 0 saturated carbocycles. The maximum atomic E-state index is 12.8. The summed E-state index contributed by atoms with van der Waals surface area (Å²) in [6.45, 7) is 2.79. The van der Waals surface area contributed by atoms with Gasteiger partial charge in [-0.25, -0.2) is 8.42 Å². The van der Waals surface area contributed by atoms with E-state index in [4.69, 9.17) is 9.26 Å². The van der Waals surface area contributed by atoms with E-state index in [1.54, 1.807) is 35.5 Å². The summed E-state index contributed by atoms with van der Waals surface area (Å²) in [6, 6.07) is 6.73. The van der Waals surface area contributed by atoms with Crippen molar-refractivity contribution in [3.05, 3.63) is 41.5 Å². The number of ether oxygens (including phenoxy) is 1. The number of hydrogen-bond donors (Lipinski definition) is 0. The maximum Gasteiger partial charge on any atom is 0.306 e. The molecule has 2 aromatic rings. The largest absolute Gasteiger partial charge is 0.456 e. The monoisotopic (exact) mass is 407 g/mol. The van der Waals surface area contributed by atoms with E-state index in [1.807, 2.05) is 0 Å². The smallest absolute Gasteiger partial charge is 0.306 e. The van der Waals surface area contributed by atoms with Crippen LogP contribution < -0.4 is 0 Å². The highest BCUT2D eigenvalue weighted by molar-refractivity contribution is 7.89. The van der Waals surface area contributed by atoms with Gasteiger partial charge in [0.15, 0.2) is 12.4 Å². The topological polar surface area (TPSA) is 103 Å². The molecule has 0 spiro atoms. The Morgan fingerprint density at radius 2 is 1.82 bits per heavy atom. The molecule has 9 heteroatoms. The molecule has 0 aliphatic carbocycles. The van der Waals surface area contributed by atoms with Crippen LogP contribution in [0.4, 0.5) is 0 Å². The molecule has 8 nitrogen and oxygen atoms in total. The Labute approximate surface area is 164 Å². The van der Waals surface area contributed by atoms with Crippen molar-refractivity contribution >= 4 is 16.0 Å². The summed E-state index contributed by atoms with van der Waals surface area (Å²) in [5.41, 5.74) is 0.875. The number of carbonyl (C=O) groups is 1. The van der Waals surface area contributed by atoms with Gasteiger partial charge in [-0.3, -0.25) is 4.79 Å². The zero-order chi connectivity index (χ0) is 20.0. The van der Waals surface area contributed by atoms with Crippen LogP contribution in [-0.4, -0.2) is 41.9 Å². The van der Waals surface area contributed by atoms with E-state index in [-0.39, 0.29) is 24.9 Å². The van der Waals surface area contributed by atoms with Crippen LogP contribution in [0.5, 0.6) is 0 Å². The first-order valence-corrected chi connectivity index (χ1v) is 10.9. The standard InChI is InChI=1S/C19H25N3O5S/c1-15-20-18(27-21-15)14-26-19(23)11-8-16-6-9-17(10-7-16)28(24,25)22-12-4-2-3-5-13-22/h6-7,9-10H,2-5,8,11-14H2,1H3. The highest BCUT2D eigenvalue weighted by Gasteiger charge is 2.24. The third kappa shape index (κ3) is 5.39. The fraction of sp³-hybridized carbons (Fsp3) is 0.526. The van der Waals surface area contributed by atoms with Crippen LogP contribution in [0.15, 0.2) is 33.7 Å². The molecule has 1 aromatic carbocycles. The summed E-state index contributed by atoms with van der Waals surface area (Å²) in [4.78, 5) is 16.1. The van der Waals surface area contributed by atoms with Gasteiger partial charge < -0.3 is 9.26 Å². The van der Waals surface area contributed by atoms with Crippen molar-refractivity contribution < 1.29 is 22.5 Å². The average Bonchev–Trinajstić information content (AvgIpc) is 2.93. The summed E-state index contributed by atoms with van der Waals surface area (Å²) < 4.78 is 37.1. The number of aryl methyl sites for hydroxylation is 2. The maximum absolute atomic E-state index is 12.8. The Morgan fingerprint density at radius 3 is 2.43 bits per heavy atom. The van der Waals surface area contributed by atoms with Crippen molar-refractivity contribution in [1.82, 2.24) is 14.4 Å². The number of benzene rings is 1. The molecule has 1 aromatic heterocycles. The lowest BCUT2D eigenvalue weighted by atomic mass is 10.1. The lowest BCUT2D eigenvalue weighted by Gasteiger charge is -2.20. The van der Waals surface area contributed by atoms with E-state index in [9.17, 15) is 13.2 Å². The third-order valence-electron chi connectivity index (χ3n) is 4.67. The lowest BCUT2D eigenvalue weighted by molar-refractivity contribution is -0.145. The first-order valence-electron chi connectivity index (χ1n) is 9.49. The van der Waals surface area contributed by atoms with E-state index >= 15 is 0 Å². The van der Waals surface area contributed by atoms with Gasteiger partial charge >= 0.3 is 5.97 Å². The van der Waals surface area contributed by atoms with Gasteiger partial charge in [-0.05, 0) is 43.9 Å². The molecule has 1 aliphatic rings. The van der Waals surface area contributed by atoms with Crippen LogP contribution in [0.2, 0.25) is 0 Å². The highest BCUT2D eigenvalue weighted by Crippen LogP contribution is 2.21. The van der Waals surface area contributed by atoms with Gasteiger partial charge in [0.05, 0.1) is 4.90 Å². The fourth-order valence-corrected chi connectivity index (χ4v) is 4.64. The SMILES string of the molecule is Cc1noc(COC(=O)CCc2ccc(S(=O)(=O)N3CCCCCC3)cc2)n1. The molecule has 0 atom stereocenters. The van der Waals surface area contributed by atoms with Crippen molar-refractivity contribution in [2.45, 2.75) is 57.0 Å². The van der Waals surface area contributed by atoms with E-state index in [2.05, 4.69) is 10.1 Å². The van der Waals surface area contributed by atoms with Gasteiger partial charge in [0.25, 0.3) is 5.89 Å². The van der Waals surface area contributed by atoms with Crippen molar-refractivity contribution in [3.63, 3.8) is 0 Å².